The van der Waals surface area contributed by atoms with E-state index in [2.05, 4.69) is 31.0 Å². The second-order valence-corrected chi connectivity index (χ2v) is 6.76. The van der Waals surface area contributed by atoms with Crippen LogP contribution in [0.5, 0.6) is 0 Å². The topological polar surface area (TPSA) is 41.6 Å². The van der Waals surface area contributed by atoms with Crippen molar-refractivity contribution in [3.8, 4) is 0 Å². The van der Waals surface area contributed by atoms with Crippen LogP contribution in [0.4, 0.5) is 0 Å². The molecule has 0 bridgehead atoms. The van der Waals surface area contributed by atoms with E-state index in [-0.39, 0.29) is 24.2 Å². The van der Waals surface area contributed by atoms with Crippen LogP contribution in [-0.2, 0) is 9.53 Å². The van der Waals surface area contributed by atoms with Crippen molar-refractivity contribution in [3.63, 3.8) is 0 Å². The molecule has 2 fully saturated rings. The predicted octanol–water partition coefficient (Wildman–Crippen LogP) is 2.18. The molecule has 1 amide bonds. The zero-order chi connectivity index (χ0) is 14.7. The van der Waals surface area contributed by atoms with Crippen LogP contribution in [0, 0.1) is 5.92 Å². The van der Waals surface area contributed by atoms with Crippen molar-refractivity contribution < 1.29 is 9.53 Å². The minimum atomic E-state index is -0.0575. The molecule has 5 atom stereocenters. The predicted molar refractivity (Wildman–Crippen MR) is 80.6 cm³/mol. The largest absolute Gasteiger partial charge is 0.373 e. The molecule has 1 saturated carbocycles. The maximum absolute atomic E-state index is 12.5. The van der Waals surface area contributed by atoms with E-state index < -0.39 is 0 Å². The summed E-state index contributed by atoms with van der Waals surface area (Å²) in [4.78, 5) is 14.7. The van der Waals surface area contributed by atoms with Gasteiger partial charge >= 0.3 is 0 Å². The van der Waals surface area contributed by atoms with Crippen molar-refractivity contribution in [3.05, 3.63) is 0 Å². The fourth-order valence-electron chi connectivity index (χ4n) is 3.53. The van der Waals surface area contributed by atoms with E-state index in [1.54, 1.807) is 0 Å². The summed E-state index contributed by atoms with van der Waals surface area (Å²) in [6.45, 7) is 10.1. The molecule has 0 unspecified atom stereocenters. The average molecular weight is 282 g/mol. The maximum atomic E-state index is 12.5. The fourth-order valence-corrected chi connectivity index (χ4v) is 3.53. The van der Waals surface area contributed by atoms with Gasteiger partial charge in [0.15, 0.2) is 0 Å². The lowest BCUT2D eigenvalue weighted by molar-refractivity contribution is -0.133. The van der Waals surface area contributed by atoms with E-state index in [1.807, 2.05) is 6.92 Å². The fraction of sp³-hybridized carbons (Fsp3) is 0.938. The number of ether oxygens (including phenoxy) is 1. The summed E-state index contributed by atoms with van der Waals surface area (Å²) < 4.78 is 5.74. The first-order chi connectivity index (χ1) is 9.47. The molecule has 0 aromatic rings. The normalized spacial score (nSPS) is 37.4. The van der Waals surface area contributed by atoms with E-state index in [9.17, 15) is 4.79 Å². The van der Waals surface area contributed by atoms with Gasteiger partial charge in [0.1, 0.15) is 0 Å². The summed E-state index contributed by atoms with van der Waals surface area (Å²) >= 11 is 0. The summed E-state index contributed by atoms with van der Waals surface area (Å²) in [5.74, 6) is 0.799. The molecule has 4 heteroatoms. The first-order valence-corrected chi connectivity index (χ1v) is 8.17. The Labute approximate surface area is 123 Å². The third-order valence-corrected chi connectivity index (χ3v) is 4.81. The lowest BCUT2D eigenvalue weighted by atomic mass is 9.86. The molecule has 116 valence electrons. The summed E-state index contributed by atoms with van der Waals surface area (Å²) in [5.41, 5.74) is 0. The third kappa shape index (κ3) is 3.95. The molecule has 0 spiro atoms. The number of hydrogen-bond donors (Lipinski definition) is 1. The number of amides is 1. The van der Waals surface area contributed by atoms with Gasteiger partial charge in [-0.25, -0.2) is 0 Å². The molecular weight excluding hydrogens is 252 g/mol. The highest BCUT2D eigenvalue weighted by molar-refractivity contribution is 5.81. The average Bonchev–Trinajstić information content (AvgIpc) is 2.39. The van der Waals surface area contributed by atoms with Crippen molar-refractivity contribution >= 4 is 5.91 Å². The van der Waals surface area contributed by atoms with E-state index in [0.29, 0.717) is 12.0 Å². The highest BCUT2D eigenvalue weighted by Crippen LogP contribution is 2.24. The molecule has 0 aromatic heterocycles. The summed E-state index contributed by atoms with van der Waals surface area (Å²) in [7, 11) is 0. The van der Waals surface area contributed by atoms with E-state index in [0.717, 1.165) is 19.5 Å². The molecule has 2 aliphatic rings. The first kappa shape index (κ1) is 15.8. The SMILES string of the molecule is C[C@@H]1CN([C@H](C)C(=O)N[C@@H]2CCCC[C@@H]2C)C[C@@H](C)O1. The van der Waals surface area contributed by atoms with Crippen LogP contribution >= 0.6 is 0 Å². The smallest absolute Gasteiger partial charge is 0.237 e. The minimum Gasteiger partial charge on any atom is -0.373 e. The van der Waals surface area contributed by atoms with Crippen molar-refractivity contribution in [1.29, 1.82) is 0 Å². The van der Waals surface area contributed by atoms with Crippen LogP contribution in [0.1, 0.15) is 53.4 Å². The summed E-state index contributed by atoms with van der Waals surface area (Å²) in [6.07, 6.45) is 5.35. The Morgan fingerprint density at radius 2 is 1.75 bits per heavy atom. The Bertz CT molecular complexity index is 324. The van der Waals surface area contributed by atoms with E-state index in [4.69, 9.17) is 4.74 Å². The lowest BCUT2D eigenvalue weighted by Gasteiger charge is -2.39. The van der Waals surface area contributed by atoms with Gasteiger partial charge < -0.3 is 10.1 Å². The van der Waals surface area contributed by atoms with Crippen molar-refractivity contribution in [2.75, 3.05) is 13.1 Å². The molecule has 2 rings (SSSR count). The van der Waals surface area contributed by atoms with Gasteiger partial charge in [-0.2, -0.15) is 0 Å². The van der Waals surface area contributed by atoms with Gasteiger partial charge in [0, 0.05) is 19.1 Å². The summed E-state index contributed by atoms with van der Waals surface area (Å²) in [6, 6.07) is 0.313. The van der Waals surface area contributed by atoms with Gasteiger partial charge in [-0.05, 0) is 39.5 Å². The summed E-state index contributed by atoms with van der Waals surface area (Å²) in [5, 5.41) is 3.27. The Morgan fingerprint density at radius 1 is 1.15 bits per heavy atom. The number of rotatable bonds is 3. The van der Waals surface area contributed by atoms with Crippen LogP contribution in [0.3, 0.4) is 0 Å². The van der Waals surface area contributed by atoms with Crippen molar-refractivity contribution in [1.82, 2.24) is 10.2 Å². The number of carbonyl (C=O) groups excluding carboxylic acids is 1. The minimum absolute atomic E-state index is 0.0575. The van der Waals surface area contributed by atoms with E-state index >= 15 is 0 Å². The molecule has 1 aliphatic carbocycles. The van der Waals surface area contributed by atoms with Crippen molar-refractivity contribution in [2.45, 2.75) is 77.7 Å². The van der Waals surface area contributed by atoms with Crippen LogP contribution in [-0.4, -0.2) is 48.2 Å². The van der Waals surface area contributed by atoms with Crippen LogP contribution in [0.2, 0.25) is 0 Å². The van der Waals surface area contributed by atoms with Crippen molar-refractivity contribution in [2.24, 2.45) is 5.92 Å². The van der Waals surface area contributed by atoms with E-state index in [1.165, 1.54) is 19.3 Å². The number of hydrogen-bond acceptors (Lipinski definition) is 3. The van der Waals surface area contributed by atoms with Gasteiger partial charge in [0.25, 0.3) is 0 Å². The van der Waals surface area contributed by atoms with Crippen LogP contribution < -0.4 is 5.32 Å². The first-order valence-electron chi connectivity index (χ1n) is 8.17. The molecule has 20 heavy (non-hydrogen) atoms. The lowest BCUT2D eigenvalue weighted by Crippen LogP contribution is -2.55. The molecular formula is C16H30N2O2. The molecule has 1 saturated heterocycles. The second-order valence-electron chi connectivity index (χ2n) is 6.76. The van der Waals surface area contributed by atoms with Gasteiger partial charge in [0.05, 0.1) is 18.2 Å². The van der Waals surface area contributed by atoms with Gasteiger partial charge in [-0.1, -0.05) is 19.8 Å². The molecule has 4 nitrogen and oxygen atoms in total. The molecule has 1 N–H and O–H groups in total. The number of nitrogens with zero attached hydrogens (tertiary/aromatic N) is 1. The Balaban J connectivity index is 1.87. The zero-order valence-corrected chi connectivity index (χ0v) is 13.4. The molecule has 0 aromatic carbocycles. The number of morpholine rings is 1. The molecule has 1 aliphatic heterocycles. The maximum Gasteiger partial charge on any atom is 0.237 e. The highest BCUT2D eigenvalue weighted by atomic mass is 16.5. The van der Waals surface area contributed by atoms with Gasteiger partial charge in [-0.3, -0.25) is 9.69 Å². The monoisotopic (exact) mass is 282 g/mol. The highest BCUT2D eigenvalue weighted by Gasteiger charge is 2.31. The Morgan fingerprint density at radius 3 is 2.35 bits per heavy atom. The third-order valence-electron chi connectivity index (χ3n) is 4.81. The number of nitrogens with one attached hydrogen (secondary N) is 1. The molecule has 0 radical (unpaired) electrons. The van der Waals surface area contributed by atoms with Crippen LogP contribution in [0.15, 0.2) is 0 Å². The Hall–Kier alpha value is -0.610. The second kappa shape index (κ2) is 6.90. The van der Waals surface area contributed by atoms with Gasteiger partial charge in [-0.15, -0.1) is 0 Å². The quantitative estimate of drug-likeness (QED) is 0.862. The Kier molecular flexibility index (Phi) is 5.44. The zero-order valence-electron chi connectivity index (χ0n) is 13.4. The standard InChI is InChI=1S/C16H30N2O2/c1-11-7-5-6-8-15(11)17-16(19)14(4)18-9-12(2)20-13(3)10-18/h11-15H,5-10H2,1-4H3,(H,17,19)/t11-,12+,13+,14+,15+/m0/s1. The van der Waals surface area contributed by atoms with Crippen LogP contribution in [0.25, 0.3) is 0 Å². The number of carbonyl (C=O) groups is 1. The van der Waals surface area contributed by atoms with Gasteiger partial charge in [0.2, 0.25) is 5.91 Å². The molecule has 1 heterocycles.